The number of nitrogens with one attached hydrogen (secondary N) is 2. The number of para-hydroxylation sites is 1. The number of hydrogen-bond donors (Lipinski definition) is 2. The van der Waals surface area contributed by atoms with E-state index in [1.54, 1.807) is 13.4 Å². The lowest BCUT2D eigenvalue weighted by Crippen LogP contribution is -2.47. The fraction of sp³-hybridized carbons (Fsp3) is 0.500. The molecule has 1 saturated carbocycles. The van der Waals surface area contributed by atoms with Gasteiger partial charge >= 0.3 is 0 Å². The van der Waals surface area contributed by atoms with E-state index in [1.807, 2.05) is 6.07 Å². The van der Waals surface area contributed by atoms with Gasteiger partial charge in [-0.2, -0.15) is 0 Å². The Bertz CT molecular complexity index is 1080. The lowest BCUT2D eigenvalue weighted by molar-refractivity contribution is 0.109. The second-order valence-electron chi connectivity index (χ2n) is 9.13. The van der Waals surface area contributed by atoms with Crippen LogP contribution in [0.2, 0.25) is 0 Å². The van der Waals surface area contributed by atoms with Gasteiger partial charge in [0.1, 0.15) is 30.1 Å². The zero-order valence-corrected chi connectivity index (χ0v) is 17.9. The van der Waals surface area contributed by atoms with Crippen LogP contribution in [-0.4, -0.2) is 59.3 Å². The summed E-state index contributed by atoms with van der Waals surface area (Å²) in [6, 6.07) is 10.9. The molecule has 2 aromatic heterocycles. The molecule has 7 heteroatoms. The third kappa shape index (κ3) is 3.55. The lowest BCUT2D eigenvalue weighted by atomic mass is 9.95. The molecule has 4 heterocycles. The highest BCUT2D eigenvalue weighted by Crippen LogP contribution is 2.42. The third-order valence-corrected chi connectivity index (χ3v) is 6.99. The predicted molar refractivity (Wildman–Crippen MR) is 120 cm³/mol. The molecular weight excluding hydrogens is 390 g/mol. The number of hydrogen-bond acceptors (Lipinski definition) is 6. The molecular formula is C24H29N5O2. The van der Waals surface area contributed by atoms with Gasteiger partial charge in [0.15, 0.2) is 0 Å². The zero-order valence-electron chi connectivity index (χ0n) is 17.9. The monoisotopic (exact) mass is 419 g/mol. The summed E-state index contributed by atoms with van der Waals surface area (Å²) in [6.45, 7) is 3.59. The fourth-order valence-electron chi connectivity index (χ4n) is 5.21. The van der Waals surface area contributed by atoms with Gasteiger partial charge in [0.05, 0.1) is 24.1 Å². The number of H-pyrrole nitrogens is 1. The molecule has 1 saturated heterocycles. The van der Waals surface area contributed by atoms with Crippen LogP contribution in [-0.2, 0) is 4.74 Å². The van der Waals surface area contributed by atoms with E-state index in [9.17, 15) is 0 Å². The van der Waals surface area contributed by atoms with Crippen molar-refractivity contribution >= 4 is 16.9 Å². The van der Waals surface area contributed by atoms with E-state index in [0.29, 0.717) is 18.4 Å². The zero-order chi connectivity index (χ0) is 20.8. The number of aromatic nitrogens is 3. The topological polar surface area (TPSA) is 75.3 Å². The van der Waals surface area contributed by atoms with Crippen LogP contribution in [0.15, 0.2) is 36.7 Å². The van der Waals surface area contributed by atoms with E-state index in [2.05, 4.69) is 49.4 Å². The molecule has 2 unspecified atom stereocenters. The number of fused-ring (bicyclic) bond motifs is 2. The van der Waals surface area contributed by atoms with Crippen molar-refractivity contribution in [1.29, 1.82) is 0 Å². The number of aromatic amines is 1. The molecule has 0 amide bonds. The summed E-state index contributed by atoms with van der Waals surface area (Å²) in [5, 5.41) is 4.88. The van der Waals surface area contributed by atoms with Crippen molar-refractivity contribution in [2.24, 2.45) is 5.92 Å². The highest BCUT2D eigenvalue weighted by Gasteiger charge is 2.38. The van der Waals surface area contributed by atoms with Gasteiger partial charge < -0.3 is 19.8 Å². The molecule has 2 N–H and O–H groups in total. The van der Waals surface area contributed by atoms with Crippen LogP contribution in [0.25, 0.3) is 11.0 Å². The first-order valence-corrected chi connectivity index (χ1v) is 11.3. The SMILES string of the molecule is COC[C@@H]1CCN(C2COc3ccccc3C2Nc2ncnc3[nH]c(C4CC4)cc23)C1. The Morgan fingerprint density at radius 1 is 1.23 bits per heavy atom. The highest BCUT2D eigenvalue weighted by atomic mass is 16.5. The van der Waals surface area contributed by atoms with Gasteiger partial charge in [-0.25, -0.2) is 9.97 Å². The number of ether oxygens (including phenoxy) is 2. The van der Waals surface area contributed by atoms with Crippen molar-refractivity contribution < 1.29 is 9.47 Å². The largest absolute Gasteiger partial charge is 0.491 e. The van der Waals surface area contributed by atoms with E-state index < -0.39 is 0 Å². The van der Waals surface area contributed by atoms with Crippen LogP contribution in [0, 0.1) is 5.92 Å². The van der Waals surface area contributed by atoms with Crippen molar-refractivity contribution in [2.45, 2.75) is 37.3 Å². The van der Waals surface area contributed by atoms with Crippen LogP contribution in [0.1, 0.15) is 42.5 Å². The summed E-state index contributed by atoms with van der Waals surface area (Å²) in [5.74, 6) is 3.09. The Balaban J connectivity index is 1.34. The smallest absolute Gasteiger partial charge is 0.143 e. The number of nitrogens with zero attached hydrogens (tertiary/aromatic N) is 3. The van der Waals surface area contributed by atoms with Gasteiger partial charge in [0, 0.05) is 24.9 Å². The normalized spacial score (nSPS) is 26.0. The Labute approximate surface area is 182 Å². The first-order chi connectivity index (χ1) is 15.3. The van der Waals surface area contributed by atoms with Crippen LogP contribution < -0.4 is 10.1 Å². The minimum atomic E-state index is 0.101. The van der Waals surface area contributed by atoms with Gasteiger partial charge in [-0.15, -0.1) is 0 Å². The van der Waals surface area contributed by atoms with E-state index in [-0.39, 0.29) is 12.1 Å². The molecule has 31 heavy (non-hydrogen) atoms. The molecule has 1 aromatic carbocycles. The van der Waals surface area contributed by atoms with Gasteiger partial charge in [-0.1, -0.05) is 18.2 Å². The highest BCUT2D eigenvalue weighted by molar-refractivity contribution is 5.88. The third-order valence-electron chi connectivity index (χ3n) is 6.99. The van der Waals surface area contributed by atoms with Crippen LogP contribution >= 0.6 is 0 Å². The Kier molecular flexibility index (Phi) is 4.80. The maximum Gasteiger partial charge on any atom is 0.143 e. The molecule has 2 aliphatic heterocycles. The molecule has 6 rings (SSSR count). The van der Waals surface area contributed by atoms with Crippen molar-refractivity contribution in [1.82, 2.24) is 19.9 Å². The minimum Gasteiger partial charge on any atom is -0.491 e. The quantitative estimate of drug-likeness (QED) is 0.634. The first-order valence-electron chi connectivity index (χ1n) is 11.3. The summed E-state index contributed by atoms with van der Waals surface area (Å²) < 4.78 is 11.6. The molecule has 1 aliphatic carbocycles. The van der Waals surface area contributed by atoms with E-state index >= 15 is 0 Å². The molecule has 3 aromatic rings. The van der Waals surface area contributed by atoms with E-state index in [4.69, 9.17) is 9.47 Å². The van der Waals surface area contributed by atoms with Gasteiger partial charge in [-0.05, 0) is 49.8 Å². The van der Waals surface area contributed by atoms with E-state index in [0.717, 1.165) is 42.3 Å². The summed E-state index contributed by atoms with van der Waals surface area (Å²) in [4.78, 5) is 15.2. The molecule has 7 nitrogen and oxygen atoms in total. The number of anilines is 1. The van der Waals surface area contributed by atoms with Crippen molar-refractivity contribution in [3.8, 4) is 5.75 Å². The molecule has 3 aliphatic rings. The summed E-state index contributed by atoms with van der Waals surface area (Å²) in [7, 11) is 1.79. The van der Waals surface area contributed by atoms with Crippen LogP contribution in [0.5, 0.6) is 5.75 Å². The molecule has 162 valence electrons. The van der Waals surface area contributed by atoms with Gasteiger partial charge in [0.25, 0.3) is 0 Å². The predicted octanol–water partition coefficient (Wildman–Crippen LogP) is 3.72. The second-order valence-corrected chi connectivity index (χ2v) is 9.13. The number of rotatable bonds is 6. The van der Waals surface area contributed by atoms with E-state index in [1.165, 1.54) is 30.5 Å². The number of benzene rings is 1. The standard InChI is InChI=1S/C24H29N5O2/c1-30-12-15-8-9-29(11-15)20-13-31-21-5-3-2-4-17(21)22(20)28-24-18-10-19(16-6-7-16)27-23(18)25-14-26-24/h2-5,10,14-16,20,22H,6-9,11-13H2,1H3,(H2,25,26,27,28)/t15-,20?,22?/m1/s1. The van der Waals surface area contributed by atoms with Gasteiger partial charge in [0.2, 0.25) is 0 Å². The summed E-state index contributed by atoms with van der Waals surface area (Å²) in [5.41, 5.74) is 3.39. The Morgan fingerprint density at radius 2 is 2.13 bits per heavy atom. The number of likely N-dealkylation sites (tertiary alicyclic amines) is 1. The lowest BCUT2D eigenvalue weighted by Gasteiger charge is -2.39. The van der Waals surface area contributed by atoms with Crippen LogP contribution in [0.4, 0.5) is 5.82 Å². The van der Waals surface area contributed by atoms with Crippen LogP contribution in [0.3, 0.4) is 0 Å². The first kappa shape index (κ1) is 19.1. The summed E-state index contributed by atoms with van der Waals surface area (Å²) >= 11 is 0. The molecule has 3 atom stereocenters. The average Bonchev–Trinajstić information content (AvgIpc) is 3.38. The minimum absolute atomic E-state index is 0.101. The van der Waals surface area contributed by atoms with Gasteiger partial charge in [-0.3, -0.25) is 4.90 Å². The Morgan fingerprint density at radius 3 is 3.00 bits per heavy atom. The van der Waals surface area contributed by atoms with Crippen molar-refractivity contribution in [3.05, 3.63) is 47.9 Å². The molecule has 0 spiro atoms. The summed E-state index contributed by atoms with van der Waals surface area (Å²) in [6.07, 6.45) is 5.34. The fourth-order valence-corrected chi connectivity index (χ4v) is 5.21. The van der Waals surface area contributed by atoms with Crippen molar-refractivity contribution in [3.63, 3.8) is 0 Å². The Hall–Kier alpha value is -2.64. The second kappa shape index (κ2) is 7.80. The van der Waals surface area contributed by atoms with Crippen molar-refractivity contribution in [2.75, 3.05) is 38.7 Å². The molecule has 0 radical (unpaired) electrons. The maximum atomic E-state index is 6.19. The molecule has 2 fully saturated rings. The maximum absolute atomic E-state index is 6.19. The number of methoxy groups -OCH3 is 1. The average molecular weight is 420 g/mol. The molecule has 0 bridgehead atoms.